The molecule has 2 rings (SSSR count). The summed E-state index contributed by atoms with van der Waals surface area (Å²) in [6, 6.07) is 8.61. The van der Waals surface area contributed by atoms with Crippen molar-refractivity contribution in [3.8, 4) is 0 Å². The van der Waals surface area contributed by atoms with Gasteiger partial charge in [0, 0.05) is 16.8 Å². The van der Waals surface area contributed by atoms with Crippen molar-refractivity contribution in [1.82, 2.24) is 10.2 Å². The zero-order valence-electron chi connectivity index (χ0n) is 9.77. The quantitative estimate of drug-likeness (QED) is 0.850. The van der Waals surface area contributed by atoms with Gasteiger partial charge >= 0.3 is 0 Å². The highest BCUT2D eigenvalue weighted by Gasteiger charge is 2.05. The van der Waals surface area contributed by atoms with Crippen molar-refractivity contribution in [3.63, 3.8) is 0 Å². The first-order valence-corrected chi connectivity index (χ1v) is 5.78. The number of hydrogen-bond donors (Lipinski definition) is 1. The van der Waals surface area contributed by atoms with E-state index in [1.165, 1.54) is 6.42 Å². The minimum absolute atomic E-state index is 0.435. The summed E-state index contributed by atoms with van der Waals surface area (Å²) in [6.07, 6.45) is 4.11. The summed E-state index contributed by atoms with van der Waals surface area (Å²) in [5.74, 6) is 0.888. The highest BCUT2D eigenvalue weighted by molar-refractivity contribution is 5.90. The Morgan fingerprint density at radius 2 is 2.12 bits per heavy atom. The van der Waals surface area contributed by atoms with Gasteiger partial charge in [-0.05, 0) is 13.3 Å². The summed E-state index contributed by atoms with van der Waals surface area (Å²) in [7, 11) is 0. The second-order valence-electron chi connectivity index (χ2n) is 4.11. The molecule has 0 radical (unpaired) electrons. The standard InChI is InChI=1S/C13H17N3/c1-3-6-10(2)15-13-12-8-5-4-7-11(12)9-14-16-13/h4-5,7-10H,3,6H2,1-2H3,(H,15,16). The summed E-state index contributed by atoms with van der Waals surface area (Å²) in [6.45, 7) is 4.36. The maximum Gasteiger partial charge on any atom is 0.156 e. The Morgan fingerprint density at radius 1 is 1.31 bits per heavy atom. The van der Waals surface area contributed by atoms with Gasteiger partial charge in [-0.25, -0.2) is 0 Å². The summed E-state index contributed by atoms with van der Waals surface area (Å²) in [4.78, 5) is 0. The summed E-state index contributed by atoms with van der Waals surface area (Å²) >= 11 is 0. The molecule has 1 aromatic heterocycles. The summed E-state index contributed by atoms with van der Waals surface area (Å²) < 4.78 is 0. The fraction of sp³-hybridized carbons (Fsp3) is 0.385. The van der Waals surface area contributed by atoms with Crippen LogP contribution in [-0.4, -0.2) is 16.2 Å². The lowest BCUT2D eigenvalue weighted by Gasteiger charge is -2.14. The lowest BCUT2D eigenvalue weighted by molar-refractivity contribution is 0.686. The largest absolute Gasteiger partial charge is 0.366 e. The third-order valence-corrected chi connectivity index (χ3v) is 2.68. The van der Waals surface area contributed by atoms with E-state index >= 15 is 0 Å². The van der Waals surface area contributed by atoms with E-state index in [1.54, 1.807) is 6.20 Å². The Kier molecular flexibility index (Phi) is 3.34. The van der Waals surface area contributed by atoms with E-state index in [4.69, 9.17) is 0 Å². The molecule has 0 amide bonds. The third-order valence-electron chi connectivity index (χ3n) is 2.68. The van der Waals surface area contributed by atoms with Crippen LogP contribution in [0.1, 0.15) is 26.7 Å². The van der Waals surface area contributed by atoms with E-state index < -0.39 is 0 Å². The van der Waals surface area contributed by atoms with Gasteiger partial charge in [-0.15, -0.1) is 5.10 Å². The molecule has 0 spiro atoms. The Balaban J connectivity index is 2.30. The molecule has 0 aliphatic rings. The molecule has 16 heavy (non-hydrogen) atoms. The number of anilines is 1. The molecule has 3 heteroatoms. The van der Waals surface area contributed by atoms with Gasteiger partial charge in [0.2, 0.25) is 0 Å². The first-order chi connectivity index (χ1) is 7.81. The smallest absolute Gasteiger partial charge is 0.156 e. The first kappa shape index (κ1) is 10.9. The van der Waals surface area contributed by atoms with Crippen LogP contribution in [0.5, 0.6) is 0 Å². The normalized spacial score (nSPS) is 12.6. The number of nitrogens with one attached hydrogen (secondary N) is 1. The van der Waals surface area contributed by atoms with Crippen LogP contribution in [0.2, 0.25) is 0 Å². The van der Waals surface area contributed by atoms with Gasteiger partial charge in [0.25, 0.3) is 0 Å². The van der Waals surface area contributed by atoms with Gasteiger partial charge < -0.3 is 5.32 Å². The number of aromatic nitrogens is 2. The molecule has 3 nitrogen and oxygen atoms in total. The molecular weight excluding hydrogens is 198 g/mol. The van der Waals surface area contributed by atoms with Crippen LogP contribution in [0.3, 0.4) is 0 Å². The second-order valence-corrected chi connectivity index (χ2v) is 4.11. The molecule has 2 aromatic rings. The second kappa shape index (κ2) is 4.92. The van der Waals surface area contributed by atoms with E-state index in [0.29, 0.717) is 6.04 Å². The highest BCUT2D eigenvalue weighted by atomic mass is 15.2. The van der Waals surface area contributed by atoms with Crippen LogP contribution in [0.15, 0.2) is 30.5 Å². The van der Waals surface area contributed by atoms with E-state index in [9.17, 15) is 0 Å². The molecule has 1 unspecified atom stereocenters. The Bertz CT molecular complexity index is 462. The van der Waals surface area contributed by atoms with Crippen LogP contribution < -0.4 is 5.32 Å². The SMILES string of the molecule is CCCC(C)Nc1nncc2ccccc12. The van der Waals surface area contributed by atoms with Gasteiger partial charge in [-0.1, -0.05) is 37.6 Å². The van der Waals surface area contributed by atoms with Crippen molar-refractivity contribution < 1.29 is 0 Å². The van der Waals surface area contributed by atoms with E-state index in [0.717, 1.165) is 23.0 Å². The summed E-state index contributed by atoms with van der Waals surface area (Å²) in [5.41, 5.74) is 0. The van der Waals surface area contributed by atoms with Crippen LogP contribution in [0.25, 0.3) is 10.8 Å². The average Bonchev–Trinajstić information content (AvgIpc) is 2.30. The molecule has 1 atom stereocenters. The maximum absolute atomic E-state index is 4.17. The topological polar surface area (TPSA) is 37.8 Å². The number of benzene rings is 1. The van der Waals surface area contributed by atoms with Crippen LogP contribution in [-0.2, 0) is 0 Å². The van der Waals surface area contributed by atoms with Crippen molar-refractivity contribution >= 4 is 16.6 Å². The zero-order valence-corrected chi connectivity index (χ0v) is 9.77. The van der Waals surface area contributed by atoms with Crippen molar-refractivity contribution in [3.05, 3.63) is 30.5 Å². The first-order valence-electron chi connectivity index (χ1n) is 5.78. The lowest BCUT2D eigenvalue weighted by Crippen LogP contribution is -2.16. The molecule has 1 aromatic carbocycles. The predicted molar refractivity (Wildman–Crippen MR) is 67.5 cm³/mol. The molecule has 0 aliphatic carbocycles. The van der Waals surface area contributed by atoms with Gasteiger partial charge in [-0.3, -0.25) is 0 Å². The fourth-order valence-corrected chi connectivity index (χ4v) is 1.87. The lowest BCUT2D eigenvalue weighted by atomic mass is 10.1. The Labute approximate surface area is 95.9 Å². The maximum atomic E-state index is 4.17. The minimum Gasteiger partial charge on any atom is -0.366 e. The van der Waals surface area contributed by atoms with E-state index in [2.05, 4.69) is 41.5 Å². The van der Waals surface area contributed by atoms with Crippen LogP contribution >= 0.6 is 0 Å². The molecule has 84 valence electrons. The predicted octanol–water partition coefficient (Wildman–Crippen LogP) is 3.23. The Morgan fingerprint density at radius 3 is 2.94 bits per heavy atom. The zero-order chi connectivity index (χ0) is 11.4. The van der Waals surface area contributed by atoms with Gasteiger partial charge in [0.05, 0.1) is 6.20 Å². The summed E-state index contributed by atoms with van der Waals surface area (Å²) in [5, 5.41) is 13.9. The molecule has 1 N–H and O–H groups in total. The Hall–Kier alpha value is -1.64. The van der Waals surface area contributed by atoms with Crippen molar-refractivity contribution in [2.24, 2.45) is 0 Å². The molecule has 1 heterocycles. The van der Waals surface area contributed by atoms with Crippen molar-refractivity contribution in [2.45, 2.75) is 32.7 Å². The number of fused-ring (bicyclic) bond motifs is 1. The van der Waals surface area contributed by atoms with Crippen molar-refractivity contribution in [2.75, 3.05) is 5.32 Å². The average molecular weight is 215 g/mol. The molecule has 0 saturated heterocycles. The molecule has 0 bridgehead atoms. The van der Waals surface area contributed by atoms with Crippen LogP contribution in [0.4, 0.5) is 5.82 Å². The number of nitrogens with zero attached hydrogens (tertiary/aromatic N) is 2. The molecule has 0 aliphatic heterocycles. The monoisotopic (exact) mass is 215 g/mol. The minimum atomic E-state index is 0.435. The molecule has 0 fully saturated rings. The third kappa shape index (κ3) is 2.30. The van der Waals surface area contributed by atoms with Gasteiger partial charge in [0.1, 0.15) is 0 Å². The van der Waals surface area contributed by atoms with Gasteiger partial charge in [-0.2, -0.15) is 5.10 Å². The van der Waals surface area contributed by atoms with E-state index in [-0.39, 0.29) is 0 Å². The molecular formula is C13H17N3. The van der Waals surface area contributed by atoms with E-state index in [1.807, 2.05) is 12.1 Å². The highest BCUT2D eigenvalue weighted by Crippen LogP contribution is 2.20. The number of hydrogen-bond acceptors (Lipinski definition) is 3. The fourth-order valence-electron chi connectivity index (χ4n) is 1.87. The number of rotatable bonds is 4. The molecule has 0 saturated carbocycles. The van der Waals surface area contributed by atoms with Crippen LogP contribution in [0, 0.1) is 0 Å². The van der Waals surface area contributed by atoms with Gasteiger partial charge in [0.15, 0.2) is 5.82 Å². The van der Waals surface area contributed by atoms with Crippen molar-refractivity contribution in [1.29, 1.82) is 0 Å².